The van der Waals surface area contributed by atoms with E-state index in [4.69, 9.17) is 0 Å². The summed E-state index contributed by atoms with van der Waals surface area (Å²) in [6.45, 7) is 5.79. The molecule has 0 spiro atoms. The second kappa shape index (κ2) is 6.40. The molecule has 5 heteroatoms. The number of rotatable bonds is 3. The van der Waals surface area contributed by atoms with E-state index >= 15 is 0 Å². The van der Waals surface area contributed by atoms with Crippen molar-refractivity contribution >= 4 is 16.7 Å². The Hall–Kier alpha value is -1.75. The number of hydrogen-bond donors (Lipinski definition) is 0. The van der Waals surface area contributed by atoms with Crippen LogP contribution in [-0.4, -0.2) is 47.6 Å². The molecule has 2 aliphatic rings. The predicted molar refractivity (Wildman–Crippen MR) is 90.1 cm³/mol. The van der Waals surface area contributed by atoms with Crippen molar-refractivity contribution in [2.45, 2.75) is 25.7 Å². The lowest BCUT2D eigenvalue weighted by Crippen LogP contribution is -2.38. The quantitative estimate of drug-likeness (QED) is 0.871. The average molecular weight is 314 g/mol. The summed E-state index contributed by atoms with van der Waals surface area (Å²) in [5.74, 6) is 1.45. The van der Waals surface area contributed by atoms with Gasteiger partial charge in [0.25, 0.3) is 0 Å². The van der Waals surface area contributed by atoms with E-state index < -0.39 is 0 Å². The summed E-state index contributed by atoms with van der Waals surface area (Å²) < 4.78 is 13.6. The molecule has 2 saturated heterocycles. The molecule has 23 heavy (non-hydrogen) atoms. The van der Waals surface area contributed by atoms with Crippen molar-refractivity contribution in [3.05, 3.63) is 30.3 Å². The smallest absolute Gasteiger partial charge is 0.139 e. The Morgan fingerprint density at radius 1 is 1.04 bits per heavy atom. The van der Waals surface area contributed by atoms with Gasteiger partial charge in [-0.05, 0) is 62.9 Å². The van der Waals surface area contributed by atoms with Crippen LogP contribution < -0.4 is 4.90 Å². The topological polar surface area (TPSA) is 32.3 Å². The molecule has 0 aliphatic carbocycles. The molecule has 1 aromatic heterocycles. The van der Waals surface area contributed by atoms with Gasteiger partial charge in [0.1, 0.15) is 18.0 Å². The van der Waals surface area contributed by atoms with Crippen LogP contribution in [-0.2, 0) is 0 Å². The third-order valence-electron chi connectivity index (χ3n) is 5.21. The first-order chi connectivity index (χ1) is 11.3. The van der Waals surface area contributed by atoms with Crippen molar-refractivity contribution in [2.24, 2.45) is 5.92 Å². The molecule has 0 bridgehead atoms. The maximum absolute atomic E-state index is 13.6. The number of fused-ring (bicyclic) bond motifs is 1. The number of anilines is 1. The van der Waals surface area contributed by atoms with Gasteiger partial charge in [0.15, 0.2) is 0 Å². The van der Waals surface area contributed by atoms with Crippen molar-refractivity contribution < 1.29 is 4.39 Å². The fourth-order valence-corrected chi connectivity index (χ4v) is 3.92. The zero-order valence-electron chi connectivity index (χ0n) is 13.4. The van der Waals surface area contributed by atoms with E-state index in [1.165, 1.54) is 51.4 Å². The van der Waals surface area contributed by atoms with Gasteiger partial charge >= 0.3 is 0 Å². The molecule has 3 heterocycles. The summed E-state index contributed by atoms with van der Waals surface area (Å²) in [5, 5.41) is 0.825. The van der Waals surface area contributed by atoms with Crippen LogP contribution >= 0.6 is 0 Å². The summed E-state index contributed by atoms with van der Waals surface area (Å²) in [7, 11) is 0. The van der Waals surface area contributed by atoms with Crippen LogP contribution in [0.3, 0.4) is 0 Å². The maximum atomic E-state index is 13.6. The summed E-state index contributed by atoms with van der Waals surface area (Å²) in [5.41, 5.74) is 0.815. The van der Waals surface area contributed by atoms with Crippen LogP contribution in [0.1, 0.15) is 25.7 Å². The van der Waals surface area contributed by atoms with E-state index in [-0.39, 0.29) is 5.82 Å². The Labute approximate surface area is 136 Å². The van der Waals surface area contributed by atoms with Crippen LogP contribution in [0, 0.1) is 11.7 Å². The number of nitrogens with zero attached hydrogens (tertiary/aromatic N) is 4. The molecular weight excluding hydrogens is 291 g/mol. The van der Waals surface area contributed by atoms with Gasteiger partial charge in [-0.15, -0.1) is 0 Å². The van der Waals surface area contributed by atoms with Crippen molar-refractivity contribution in [3.63, 3.8) is 0 Å². The van der Waals surface area contributed by atoms with Gasteiger partial charge in [0.2, 0.25) is 0 Å². The monoisotopic (exact) mass is 314 g/mol. The van der Waals surface area contributed by atoms with Crippen molar-refractivity contribution in [1.29, 1.82) is 0 Å². The van der Waals surface area contributed by atoms with Crippen LogP contribution in [0.4, 0.5) is 10.2 Å². The number of aromatic nitrogens is 2. The number of likely N-dealkylation sites (tertiary alicyclic amines) is 1. The van der Waals surface area contributed by atoms with Crippen LogP contribution in [0.2, 0.25) is 0 Å². The lowest BCUT2D eigenvalue weighted by molar-refractivity contribution is 0.249. The fourth-order valence-electron chi connectivity index (χ4n) is 3.92. The highest BCUT2D eigenvalue weighted by Crippen LogP contribution is 2.28. The van der Waals surface area contributed by atoms with Crippen molar-refractivity contribution in [1.82, 2.24) is 14.9 Å². The Balaban J connectivity index is 1.47. The van der Waals surface area contributed by atoms with Crippen LogP contribution in [0.5, 0.6) is 0 Å². The molecule has 1 aromatic carbocycles. The van der Waals surface area contributed by atoms with E-state index in [2.05, 4.69) is 19.8 Å². The molecule has 0 atom stereocenters. The Morgan fingerprint density at radius 3 is 2.61 bits per heavy atom. The Bertz CT molecular complexity index is 676. The minimum absolute atomic E-state index is 0.225. The minimum atomic E-state index is -0.225. The first-order valence-corrected chi connectivity index (χ1v) is 8.67. The molecule has 4 nitrogen and oxygen atoms in total. The third kappa shape index (κ3) is 3.15. The molecule has 0 unspecified atom stereocenters. The number of halogens is 1. The third-order valence-corrected chi connectivity index (χ3v) is 5.21. The number of benzene rings is 1. The Kier molecular flexibility index (Phi) is 4.12. The van der Waals surface area contributed by atoms with Gasteiger partial charge < -0.3 is 9.80 Å². The molecule has 2 fully saturated rings. The number of piperidine rings is 1. The standard InChI is InChI=1S/C18H23FN4/c19-15-3-4-17-16(11-15)18(21-13-20-17)23-9-5-14(6-10-23)12-22-7-1-2-8-22/h3-4,11,13-14H,1-2,5-10,12H2. The highest BCUT2D eigenvalue weighted by Gasteiger charge is 2.24. The van der Waals surface area contributed by atoms with Gasteiger partial charge in [-0.3, -0.25) is 0 Å². The van der Waals surface area contributed by atoms with E-state index in [9.17, 15) is 4.39 Å². The second-order valence-corrected chi connectivity index (χ2v) is 6.80. The van der Waals surface area contributed by atoms with Gasteiger partial charge in [0.05, 0.1) is 5.52 Å². The van der Waals surface area contributed by atoms with Crippen LogP contribution in [0.25, 0.3) is 10.9 Å². The second-order valence-electron chi connectivity index (χ2n) is 6.80. The highest BCUT2D eigenvalue weighted by molar-refractivity contribution is 5.89. The van der Waals surface area contributed by atoms with Gasteiger partial charge in [-0.1, -0.05) is 0 Å². The SMILES string of the molecule is Fc1ccc2ncnc(N3CCC(CN4CCCC4)CC3)c2c1. The normalized spacial score (nSPS) is 20.5. The van der Waals surface area contributed by atoms with Gasteiger partial charge in [-0.25, -0.2) is 14.4 Å². The first-order valence-electron chi connectivity index (χ1n) is 8.67. The zero-order valence-corrected chi connectivity index (χ0v) is 13.4. The lowest BCUT2D eigenvalue weighted by Gasteiger charge is -2.34. The van der Waals surface area contributed by atoms with E-state index in [1.54, 1.807) is 18.5 Å². The number of hydrogen-bond acceptors (Lipinski definition) is 4. The van der Waals surface area contributed by atoms with Gasteiger partial charge in [-0.2, -0.15) is 0 Å². The molecule has 122 valence electrons. The fraction of sp³-hybridized carbons (Fsp3) is 0.556. The van der Waals surface area contributed by atoms with E-state index in [0.717, 1.165) is 35.7 Å². The Morgan fingerprint density at radius 2 is 1.83 bits per heavy atom. The first kappa shape index (κ1) is 14.8. The molecule has 0 amide bonds. The molecular formula is C18H23FN4. The van der Waals surface area contributed by atoms with Crippen LogP contribution in [0.15, 0.2) is 24.5 Å². The molecule has 0 N–H and O–H groups in total. The molecule has 0 saturated carbocycles. The summed E-state index contributed by atoms with van der Waals surface area (Å²) in [4.78, 5) is 13.6. The lowest BCUT2D eigenvalue weighted by atomic mass is 9.96. The predicted octanol–water partition coefficient (Wildman–Crippen LogP) is 3.08. The average Bonchev–Trinajstić information content (AvgIpc) is 3.08. The molecule has 2 aliphatic heterocycles. The van der Waals surface area contributed by atoms with Crippen molar-refractivity contribution in [3.8, 4) is 0 Å². The van der Waals surface area contributed by atoms with E-state index in [1.807, 2.05) is 0 Å². The maximum Gasteiger partial charge on any atom is 0.139 e. The highest BCUT2D eigenvalue weighted by atomic mass is 19.1. The molecule has 2 aromatic rings. The minimum Gasteiger partial charge on any atom is -0.356 e. The van der Waals surface area contributed by atoms with E-state index in [0.29, 0.717) is 0 Å². The zero-order chi connectivity index (χ0) is 15.6. The summed E-state index contributed by atoms with van der Waals surface area (Å²) >= 11 is 0. The van der Waals surface area contributed by atoms with Crippen molar-refractivity contribution in [2.75, 3.05) is 37.6 Å². The molecule has 4 rings (SSSR count). The largest absolute Gasteiger partial charge is 0.356 e. The summed E-state index contributed by atoms with van der Waals surface area (Å²) in [6, 6.07) is 4.75. The van der Waals surface area contributed by atoms with Gasteiger partial charge in [0, 0.05) is 25.0 Å². The molecule has 0 radical (unpaired) electrons. The summed E-state index contributed by atoms with van der Waals surface area (Å²) in [6.07, 6.45) is 6.69.